The molecule has 0 saturated heterocycles. The fourth-order valence-electron chi connectivity index (χ4n) is 3.55. The fraction of sp³-hybridized carbons (Fsp3) is 0.250. The number of aromatic nitrogens is 3. The average Bonchev–Trinajstić information content (AvgIpc) is 3.33. The lowest BCUT2D eigenvalue weighted by Gasteiger charge is -2.09. The van der Waals surface area contributed by atoms with Crippen molar-refractivity contribution in [1.82, 2.24) is 14.8 Å². The largest absolute Gasteiger partial charge is 0.484 e. The van der Waals surface area contributed by atoms with Crippen LogP contribution in [0, 0.1) is 0 Å². The molecular weight excluding hydrogens is 438 g/mol. The molecule has 0 radical (unpaired) electrons. The standard InChI is InChI=1S/C28H31N5O2/c1-3-21-10-14-23(15-11-21)18-29-27-31-28(30-19-24-16-12-22(4-2)13-17-24)33(32-27)26(34)20-35-25-8-6-5-7-9-25/h5-17H,3-4,18-20H2,1-2H3,(H2,29,30,31,32). The van der Waals surface area contributed by atoms with E-state index in [0.717, 1.165) is 24.0 Å². The lowest BCUT2D eigenvalue weighted by atomic mass is 10.1. The number of nitrogens with one attached hydrogen (secondary N) is 2. The first-order valence-corrected chi connectivity index (χ1v) is 12.0. The van der Waals surface area contributed by atoms with Crippen LogP contribution in [0.1, 0.15) is 40.9 Å². The average molecular weight is 470 g/mol. The second kappa shape index (κ2) is 11.8. The molecule has 4 rings (SSSR count). The highest BCUT2D eigenvalue weighted by Gasteiger charge is 2.17. The molecule has 2 N–H and O–H groups in total. The Morgan fingerprint density at radius 2 is 1.31 bits per heavy atom. The smallest absolute Gasteiger partial charge is 0.288 e. The zero-order chi connectivity index (χ0) is 24.5. The minimum atomic E-state index is -0.314. The highest BCUT2D eigenvalue weighted by Crippen LogP contribution is 2.15. The van der Waals surface area contributed by atoms with Gasteiger partial charge >= 0.3 is 0 Å². The minimum absolute atomic E-state index is 0.148. The summed E-state index contributed by atoms with van der Waals surface area (Å²) in [5.41, 5.74) is 4.78. The molecule has 0 spiro atoms. The number of ether oxygens (including phenoxy) is 1. The SMILES string of the molecule is CCc1ccc(CNc2nc(NCc3ccc(CC)cc3)n(C(=O)COc3ccccc3)n2)cc1. The third kappa shape index (κ3) is 6.69. The number of anilines is 2. The Morgan fingerprint density at radius 1 is 0.771 bits per heavy atom. The fourth-order valence-corrected chi connectivity index (χ4v) is 3.55. The summed E-state index contributed by atoms with van der Waals surface area (Å²) in [6.07, 6.45) is 2.00. The van der Waals surface area contributed by atoms with E-state index in [1.807, 2.05) is 30.3 Å². The van der Waals surface area contributed by atoms with E-state index in [1.54, 1.807) is 0 Å². The van der Waals surface area contributed by atoms with Crippen LogP contribution in [0.25, 0.3) is 0 Å². The van der Waals surface area contributed by atoms with Crippen molar-refractivity contribution in [2.45, 2.75) is 39.8 Å². The van der Waals surface area contributed by atoms with Crippen LogP contribution in [0.15, 0.2) is 78.9 Å². The molecule has 0 bridgehead atoms. The molecule has 0 amide bonds. The highest BCUT2D eigenvalue weighted by molar-refractivity contribution is 5.82. The number of rotatable bonds is 11. The van der Waals surface area contributed by atoms with Gasteiger partial charge < -0.3 is 15.4 Å². The predicted octanol–water partition coefficient (Wildman–Crippen LogP) is 5.35. The number of aryl methyl sites for hydroxylation is 2. The van der Waals surface area contributed by atoms with Crippen molar-refractivity contribution in [1.29, 1.82) is 0 Å². The normalized spacial score (nSPS) is 10.7. The Hall–Kier alpha value is -4.13. The second-order valence-corrected chi connectivity index (χ2v) is 8.21. The molecule has 0 unspecified atom stereocenters. The molecule has 0 atom stereocenters. The molecule has 0 aliphatic carbocycles. The Kier molecular flexibility index (Phi) is 8.12. The summed E-state index contributed by atoms with van der Waals surface area (Å²) in [5, 5.41) is 10.9. The van der Waals surface area contributed by atoms with Crippen LogP contribution >= 0.6 is 0 Å². The summed E-state index contributed by atoms with van der Waals surface area (Å²) >= 11 is 0. The molecule has 0 saturated carbocycles. The van der Waals surface area contributed by atoms with Crippen LogP contribution in [0.3, 0.4) is 0 Å². The van der Waals surface area contributed by atoms with Gasteiger partial charge in [-0.05, 0) is 47.2 Å². The quantitative estimate of drug-likeness (QED) is 0.308. The number of hydrogen-bond donors (Lipinski definition) is 2. The topological polar surface area (TPSA) is 81.1 Å². The lowest BCUT2D eigenvalue weighted by Crippen LogP contribution is -2.22. The van der Waals surface area contributed by atoms with Crippen LogP contribution in [0.5, 0.6) is 5.75 Å². The first-order valence-electron chi connectivity index (χ1n) is 12.0. The predicted molar refractivity (Wildman–Crippen MR) is 139 cm³/mol. The molecule has 0 aliphatic heterocycles. The molecular formula is C28H31N5O2. The summed E-state index contributed by atoms with van der Waals surface area (Å²) in [6, 6.07) is 26.0. The number of benzene rings is 3. The minimum Gasteiger partial charge on any atom is -0.484 e. The number of carbonyl (C=O) groups is 1. The van der Waals surface area contributed by atoms with E-state index in [0.29, 0.717) is 30.7 Å². The van der Waals surface area contributed by atoms with E-state index in [9.17, 15) is 4.79 Å². The van der Waals surface area contributed by atoms with Crippen LogP contribution < -0.4 is 15.4 Å². The van der Waals surface area contributed by atoms with Gasteiger partial charge in [0.05, 0.1) is 0 Å². The van der Waals surface area contributed by atoms with Gasteiger partial charge in [-0.3, -0.25) is 4.79 Å². The van der Waals surface area contributed by atoms with E-state index < -0.39 is 0 Å². The molecule has 7 nitrogen and oxygen atoms in total. The van der Waals surface area contributed by atoms with Gasteiger partial charge in [-0.1, -0.05) is 80.6 Å². The Balaban J connectivity index is 1.46. The molecule has 35 heavy (non-hydrogen) atoms. The van der Waals surface area contributed by atoms with Crippen LogP contribution in [-0.2, 0) is 25.9 Å². The van der Waals surface area contributed by atoms with Crippen molar-refractivity contribution in [2.24, 2.45) is 0 Å². The first-order chi connectivity index (χ1) is 17.1. The van der Waals surface area contributed by atoms with Gasteiger partial charge in [-0.15, -0.1) is 5.10 Å². The Morgan fingerprint density at radius 3 is 1.89 bits per heavy atom. The Bertz CT molecular complexity index is 1220. The van der Waals surface area contributed by atoms with Gasteiger partial charge in [0, 0.05) is 13.1 Å². The summed E-state index contributed by atoms with van der Waals surface area (Å²) in [5.74, 6) is 1.06. The Labute approximate surface area is 206 Å². The molecule has 0 fully saturated rings. The summed E-state index contributed by atoms with van der Waals surface area (Å²) in [4.78, 5) is 17.5. The summed E-state index contributed by atoms with van der Waals surface area (Å²) < 4.78 is 6.91. The van der Waals surface area contributed by atoms with E-state index in [2.05, 4.69) is 83.1 Å². The van der Waals surface area contributed by atoms with Gasteiger partial charge in [0.2, 0.25) is 11.9 Å². The third-order valence-corrected chi connectivity index (χ3v) is 5.71. The third-order valence-electron chi connectivity index (χ3n) is 5.71. The molecule has 7 heteroatoms. The van der Waals surface area contributed by atoms with Crippen molar-refractivity contribution in [3.8, 4) is 5.75 Å². The number of nitrogens with zero attached hydrogens (tertiary/aromatic N) is 3. The van der Waals surface area contributed by atoms with Crippen LogP contribution in [-0.4, -0.2) is 27.3 Å². The molecule has 3 aromatic carbocycles. The van der Waals surface area contributed by atoms with E-state index in [-0.39, 0.29) is 12.5 Å². The van der Waals surface area contributed by atoms with Crippen molar-refractivity contribution in [3.63, 3.8) is 0 Å². The number of hydrogen-bond acceptors (Lipinski definition) is 6. The molecule has 0 aliphatic rings. The lowest BCUT2D eigenvalue weighted by molar-refractivity contribution is 0.0824. The summed E-state index contributed by atoms with van der Waals surface area (Å²) in [7, 11) is 0. The number of carbonyl (C=O) groups excluding carboxylic acids is 1. The maximum atomic E-state index is 13.0. The van der Waals surface area contributed by atoms with Crippen molar-refractivity contribution in [3.05, 3.63) is 101 Å². The van der Waals surface area contributed by atoms with Crippen LogP contribution in [0.4, 0.5) is 11.9 Å². The molecule has 180 valence electrons. The van der Waals surface area contributed by atoms with Crippen molar-refractivity contribution < 1.29 is 9.53 Å². The van der Waals surface area contributed by atoms with Gasteiger partial charge in [0.25, 0.3) is 5.91 Å². The van der Waals surface area contributed by atoms with E-state index in [4.69, 9.17) is 4.74 Å². The van der Waals surface area contributed by atoms with Crippen LogP contribution in [0.2, 0.25) is 0 Å². The molecule has 4 aromatic rings. The van der Waals surface area contributed by atoms with E-state index >= 15 is 0 Å². The van der Waals surface area contributed by atoms with E-state index in [1.165, 1.54) is 15.8 Å². The van der Waals surface area contributed by atoms with Gasteiger partial charge in [0.15, 0.2) is 6.61 Å². The monoisotopic (exact) mass is 469 g/mol. The zero-order valence-corrected chi connectivity index (χ0v) is 20.2. The molecule has 1 aromatic heterocycles. The molecule has 1 heterocycles. The van der Waals surface area contributed by atoms with Crippen molar-refractivity contribution >= 4 is 17.8 Å². The summed E-state index contributed by atoms with van der Waals surface area (Å²) in [6.45, 7) is 5.19. The highest BCUT2D eigenvalue weighted by atomic mass is 16.5. The zero-order valence-electron chi connectivity index (χ0n) is 20.2. The first kappa shape index (κ1) is 24.0. The second-order valence-electron chi connectivity index (χ2n) is 8.21. The number of para-hydroxylation sites is 1. The van der Waals surface area contributed by atoms with Crippen molar-refractivity contribution in [2.75, 3.05) is 17.2 Å². The van der Waals surface area contributed by atoms with Gasteiger partial charge in [-0.2, -0.15) is 9.67 Å². The maximum absolute atomic E-state index is 13.0. The van der Waals surface area contributed by atoms with Gasteiger partial charge in [-0.25, -0.2) is 0 Å². The van der Waals surface area contributed by atoms with Gasteiger partial charge in [0.1, 0.15) is 5.75 Å². The maximum Gasteiger partial charge on any atom is 0.288 e.